The molecule has 0 aliphatic heterocycles. The second kappa shape index (κ2) is 5.24. The van der Waals surface area contributed by atoms with Gasteiger partial charge in [-0.25, -0.2) is 0 Å². The van der Waals surface area contributed by atoms with E-state index >= 15 is 0 Å². The summed E-state index contributed by atoms with van der Waals surface area (Å²) in [5.41, 5.74) is 12.3. The van der Waals surface area contributed by atoms with E-state index in [-0.39, 0.29) is 17.9 Å². The van der Waals surface area contributed by atoms with Gasteiger partial charge in [-0.1, -0.05) is 42.5 Å². The fourth-order valence-corrected chi connectivity index (χ4v) is 2.37. The number of nitrogen functional groups attached to an aromatic ring is 2. The Kier molecular flexibility index (Phi) is 3.27. The third-order valence-electron chi connectivity index (χ3n) is 3.31. The summed E-state index contributed by atoms with van der Waals surface area (Å²) in [5.74, 6) is 0.589. The number of nitrogens with two attached hydrogens (primary N) is 2. The summed E-state index contributed by atoms with van der Waals surface area (Å²) in [4.78, 5) is 11.8. The van der Waals surface area contributed by atoms with Crippen LogP contribution in [0.4, 0.5) is 17.8 Å². The Balaban J connectivity index is 1.95. The lowest BCUT2D eigenvalue weighted by Crippen LogP contribution is -2.13. The lowest BCUT2D eigenvalue weighted by molar-refractivity contribution is 0.865. The van der Waals surface area contributed by atoms with E-state index in [0.717, 1.165) is 5.56 Å². The van der Waals surface area contributed by atoms with E-state index < -0.39 is 0 Å². The van der Waals surface area contributed by atoms with Crippen LogP contribution in [0.5, 0.6) is 0 Å². The summed E-state index contributed by atoms with van der Waals surface area (Å²) in [6.07, 6.45) is 0. The normalized spacial score (nSPS) is 12.2. The highest BCUT2D eigenvalue weighted by molar-refractivity contribution is 5.86. The molecule has 6 nitrogen and oxygen atoms in total. The van der Waals surface area contributed by atoms with Crippen molar-refractivity contribution in [2.24, 2.45) is 0 Å². The van der Waals surface area contributed by atoms with Crippen LogP contribution in [0, 0.1) is 0 Å². The number of aromatic nitrogens is 3. The number of nitrogens with one attached hydrogen (secondary N) is 1. The van der Waals surface area contributed by atoms with Crippen LogP contribution in [-0.2, 0) is 0 Å². The lowest BCUT2D eigenvalue weighted by atomic mass is 10.00. The second-order valence-corrected chi connectivity index (χ2v) is 4.81. The highest BCUT2D eigenvalue weighted by atomic mass is 15.2. The molecule has 3 rings (SSSR count). The number of nitrogens with zero attached hydrogens (tertiary/aromatic N) is 3. The predicted molar refractivity (Wildman–Crippen MR) is 84.6 cm³/mol. The van der Waals surface area contributed by atoms with E-state index in [0.29, 0.717) is 5.95 Å². The van der Waals surface area contributed by atoms with Gasteiger partial charge in [0.2, 0.25) is 17.8 Å². The molecule has 6 heteroatoms. The number of rotatable bonds is 3. The van der Waals surface area contributed by atoms with Gasteiger partial charge < -0.3 is 16.8 Å². The van der Waals surface area contributed by atoms with Crippen molar-refractivity contribution in [2.45, 2.75) is 13.0 Å². The third-order valence-corrected chi connectivity index (χ3v) is 3.31. The van der Waals surface area contributed by atoms with E-state index in [2.05, 4.69) is 44.5 Å². The highest BCUT2D eigenvalue weighted by Crippen LogP contribution is 2.26. The molecule has 106 valence electrons. The molecule has 0 saturated carbocycles. The Morgan fingerprint density at radius 2 is 1.57 bits per heavy atom. The summed E-state index contributed by atoms with van der Waals surface area (Å²) in [6, 6.07) is 14.4. The maximum absolute atomic E-state index is 5.58. The zero-order valence-electron chi connectivity index (χ0n) is 11.6. The summed E-state index contributed by atoms with van der Waals surface area (Å²) in [5, 5.41) is 5.59. The van der Waals surface area contributed by atoms with E-state index in [4.69, 9.17) is 11.5 Å². The number of hydrogen-bond acceptors (Lipinski definition) is 6. The van der Waals surface area contributed by atoms with Crippen LogP contribution >= 0.6 is 0 Å². The molecule has 0 radical (unpaired) electrons. The van der Waals surface area contributed by atoms with Gasteiger partial charge in [0.25, 0.3) is 0 Å². The van der Waals surface area contributed by atoms with Crippen molar-refractivity contribution < 1.29 is 0 Å². The monoisotopic (exact) mass is 280 g/mol. The molecule has 1 heterocycles. The van der Waals surface area contributed by atoms with Gasteiger partial charge in [-0.05, 0) is 23.3 Å². The topological polar surface area (TPSA) is 103 Å². The Bertz CT molecular complexity index is 760. The third kappa shape index (κ3) is 2.69. The van der Waals surface area contributed by atoms with Crippen LogP contribution in [0.15, 0.2) is 42.5 Å². The highest BCUT2D eigenvalue weighted by Gasteiger charge is 2.11. The zero-order valence-corrected chi connectivity index (χ0v) is 11.6. The maximum Gasteiger partial charge on any atom is 0.229 e. The van der Waals surface area contributed by atoms with E-state index in [9.17, 15) is 0 Å². The number of fused-ring (bicyclic) bond motifs is 1. The molecule has 0 bridgehead atoms. The van der Waals surface area contributed by atoms with Gasteiger partial charge in [0.05, 0.1) is 6.04 Å². The fourth-order valence-electron chi connectivity index (χ4n) is 2.37. The van der Waals surface area contributed by atoms with Gasteiger partial charge in [0.1, 0.15) is 0 Å². The lowest BCUT2D eigenvalue weighted by Gasteiger charge is -2.16. The number of hydrogen-bond donors (Lipinski definition) is 3. The first-order valence-corrected chi connectivity index (χ1v) is 6.65. The maximum atomic E-state index is 5.58. The first-order chi connectivity index (χ1) is 10.1. The van der Waals surface area contributed by atoms with Crippen LogP contribution in [0.2, 0.25) is 0 Å². The molecule has 0 aliphatic carbocycles. The molecular weight excluding hydrogens is 264 g/mol. The van der Waals surface area contributed by atoms with E-state index in [1.165, 1.54) is 10.8 Å². The molecule has 0 amide bonds. The van der Waals surface area contributed by atoms with E-state index in [1.54, 1.807) is 0 Å². The van der Waals surface area contributed by atoms with Gasteiger partial charge in [0, 0.05) is 0 Å². The molecule has 0 fully saturated rings. The molecule has 0 spiro atoms. The molecule has 3 aromatic rings. The number of benzene rings is 2. The molecule has 1 aromatic heterocycles. The average molecular weight is 280 g/mol. The van der Waals surface area contributed by atoms with E-state index in [1.807, 2.05) is 25.1 Å². The standard InChI is InChI=1S/C15H16N6/c1-9(18-15-20-13(16)19-14(17)21-15)11-8-4-6-10-5-2-3-7-12(10)11/h2-9H,1H3,(H5,16,17,18,19,20,21). The van der Waals surface area contributed by atoms with Gasteiger partial charge >= 0.3 is 0 Å². The van der Waals surface area contributed by atoms with Crippen molar-refractivity contribution in [1.29, 1.82) is 0 Å². The van der Waals surface area contributed by atoms with Crippen LogP contribution in [-0.4, -0.2) is 15.0 Å². The van der Waals surface area contributed by atoms with Gasteiger partial charge in [0.15, 0.2) is 0 Å². The average Bonchev–Trinajstić information content (AvgIpc) is 2.45. The van der Waals surface area contributed by atoms with Crippen LogP contribution in [0.1, 0.15) is 18.5 Å². The summed E-state index contributed by atoms with van der Waals surface area (Å²) in [6.45, 7) is 2.04. The van der Waals surface area contributed by atoms with Gasteiger partial charge in [-0.2, -0.15) is 15.0 Å². The van der Waals surface area contributed by atoms with Crippen LogP contribution < -0.4 is 16.8 Å². The largest absolute Gasteiger partial charge is 0.368 e. The fraction of sp³-hybridized carbons (Fsp3) is 0.133. The smallest absolute Gasteiger partial charge is 0.229 e. The summed E-state index contributed by atoms with van der Waals surface area (Å²) < 4.78 is 0. The first kappa shape index (κ1) is 13.1. The van der Waals surface area contributed by atoms with Crippen molar-refractivity contribution in [3.8, 4) is 0 Å². The molecule has 1 atom stereocenters. The zero-order chi connectivity index (χ0) is 14.8. The molecule has 2 aromatic carbocycles. The molecule has 21 heavy (non-hydrogen) atoms. The second-order valence-electron chi connectivity index (χ2n) is 4.81. The van der Waals surface area contributed by atoms with Crippen LogP contribution in [0.3, 0.4) is 0 Å². The van der Waals surface area contributed by atoms with Gasteiger partial charge in [-0.3, -0.25) is 0 Å². The summed E-state index contributed by atoms with van der Waals surface area (Å²) >= 11 is 0. The van der Waals surface area contributed by atoms with Crippen LogP contribution in [0.25, 0.3) is 10.8 Å². The van der Waals surface area contributed by atoms with Crippen molar-refractivity contribution >= 4 is 28.6 Å². The molecule has 0 saturated heterocycles. The Morgan fingerprint density at radius 1 is 0.905 bits per heavy atom. The first-order valence-electron chi connectivity index (χ1n) is 6.65. The molecule has 0 aliphatic rings. The predicted octanol–water partition coefficient (Wildman–Crippen LogP) is 2.36. The Hall–Kier alpha value is -2.89. The Morgan fingerprint density at radius 3 is 2.33 bits per heavy atom. The van der Waals surface area contributed by atoms with Crippen molar-refractivity contribution in [2.75, 3.05) is 16.8 Å². The minimum atomic E-state index is 0.0114. The molecular formula is C15H16N6. The Labute approximate surface area is 122 Å². The minimum Gasteiger partial charge on any atom is -0.368 e. The van der Waals surface area contributed by atoms with Crippen molar-refractivity contribution in [1.82, 2.24) is 15.0 Å². The molecule has 1 unspecified atom stereocenters. The quantitative estimate of drug-likeness (QED) is 0.680. The van der Waals surface area contributed by atoms with Gasteiger partial charge in [-0.15, -0.1) is 0 Å². The SMILES string of the molecule is CC(Nc1nc(N)nc(N)n1)c1cccc2ccccc12. The summed E-state index contributed by atoms with van der Waals surface area (Å²) in [7, 11) is 0. The molecule has 5 N–H and O–H groups in total. The minimum absolute atomic E-state index is 0.0114. The van der Waals surface area contributed by atoms with Crippen molar-refractivity contribution in [3.63, 3.8) is 0 Å². The number of anilines is 3. The van der Waals surface area contributed by atoms with Crippen molar-refractivity contribution in [3.05, 3.63) is 48.0 Å².